The third-order valence-corrected chi connectivity index (χ3v) is 4.83. The van der Waals surface area contributed by atoms with Crippen LogP contribution in [-0.4, -0.2) is 4.98 Å². The van der Waals surface area contributed by atoms with Gasteiger partial charge in [0.25, 0.3) is 0 Å². The van der Waals surface area contributed by atoms with E-state index in [0.29, 0.717) is 0 Å². The molecule has 0 unspecified atom stereocenters. The van der Waals surface area contributed by atoms with Crippen molar-refractivity contribution in [3.63, 3.8) is 0 Å². The van der Waals surface area contributed by atoms with Crippen molar-refractivity contribution in [3.05, 3.63) is 71.4 Å². The molecule has 0 fully saturated rings. The molecule has 1 heterocycles. The topological polar surface area (TPSA) is 12.9 Å². The van der Waals surface area contributed by atoms with E-state index in [-0.39, 0.29) is 0 Å². The number of pyridine rings is 1. The van der Waals surface area contributed by atoms with Gasteiger partial charge < -0.3 is 0 Å². The molecule has 0 N–H and O–H groups in total. The molecular weight excluding hydrogens is 302 g/mol. The molecule has 0 aliphatic carbocycles. The minimum atomic E-state index is 1.06. The number of hydrogen-bond donors (Lipinski definition) is 0. The van der Waals surface area contributed by atoms with Gasteiger partial charge in [0.2, 0.25) is 0 Å². The van der Waals surface area contributed by atoms with Crippen LogP contribution in [-0.2, 0) is 0 Å². The fraction of sp³-hybridized carbons (Fsp3) is 0.292. The van der Waals surface area contributed by atoms with Gasteiger partial charge in [-0.1, -0.05) is 68.8 Å². The van der Waals surface area contributed by atoms with Gasteiger partial charge in [0, 0.05) is 22.7 Å². The van der Waals surface area contributed by atoms with Crippen LogP contribution in [0, 0.1) is 13.8 Å². The van der Waals surface area contributed by atoms with Crippen molar-refractivity contribution in [2.45, 2.75) is 47.0 Å². The minimum Gasteiger partial charge on any atom is -0.255 e. The summed E-state index contributed by atoms with van der Waals surface area (Å²) in [5.41, 5.74) is 7.63. The summed E-state index contributed by atoms with van der Waals surface area (Å²) in [6, 6.07) is 15.2. The first-order valence-electron chi connectivity index (χ1n) is 9.31. The zero-order valence-corrected chi connectivity index (χ0v) is 15.8. The highest BCUT2D eigenvalue weighted by atomic mass is 14.7. The minimum absolute atomic E-state index is 1.06. The molecule has 0 saturated carbocycles. The summed E-state index contributed by atoms with van der Waals surface area (Å²) in [4.78, 5) is 4.94. The Morgan fingerprint density at radius 2 is 1.60 bits per heavy atom. The predicted molar refractivity (Wildman–Crippen MR) is 110 cm³/mol. The van der Waals surface area contributed by atoms with Crippen LogP contribution >= 0.6 is 0 Å². The van der Waals surface area contributed by atoms with Crippen molar-refractivity contribution in [1.82, 2.24) is 4.98 Å². The first kappa shape index (κ1) is 17.4. The molecule has 1 nitrogen and oxygen atoms in total. The van der Waals surface area contributed by atoms with Crippen molar-refractivity contribution in [1.29, 1.82) is 0 Å². The molecule has 25 heavy (non-hydrogen) atoms. The van der Waals surface area contributed by atoms with Crippen molar-refractivity contribution in [3.8, 4) is 11.3 Å². The molecule has 0 aliphatic rings. The van der Waals surface area contributed by atoms with Crippen LogP contribution in [0.25, 0.3) is 27.6 Å². The number of nitrogens with zero attached hydrogens (tertiary/aromatic N) is 1. The van der Waals surface area contributed by atoms with E-state index in [9.17, 15) is 0 Å². The Morgan fingerprint density at radius 1 is 0.920 bits per heavy atom. The molecule has 3 rings (SSSR count). The van der Waals surface area contributed by atoms with Gasteiger partial charge in [0.05, 0.1) is 5.69 Å². The van der Waals surface area contributed by atoms with E-state index in [0.717, 1.165) is 25.0 Å². The lowest BCUT2D eigenvalue weighted by molar-refractivity contribution is 0.967. The van der Waals surface area contributed by atoms with E-state index >= 15 is 0 Å². The zero-order valence-electron chi connectivity index (χ0n) is 15.8. The third kappa shape index (κ3) is 3.37. The lowest BCUT2D eigenvalue weighted by Gasteiger charge is -2.16. The number of hydrogen-bond acceptors (Lipinski definition) is 1. The van der Waals surface area contributed by atoms with Crippen LogP contribution < -0.4 is 0 Å². The van der Waals surface area contributed by atoms with Crippen LogP contribution in [0.3, 0.4) is 0 Å². The summed E-state index contributed by atoms with van der Waals surface area (Å²) < 4.78 is 0. The van der Waals surface area contributed by atoms with Gasteiger partial charge in [-0.25, -0.2) is 0 Å². The molecule has 128 valence electrons. The summed E-state index contributed by atoms with van der Waals surface area (Å²) in [5, 5.41) is 2.55. The largest absolute Gasteiger partial charge is 0.255 e. The number of allylic oxidation sites excluding steroid dienone is 2. The summed E-state index contributed by atoms with van der Waals surface area (Å²) in [6.45, 7) is 8.79. The van der Waals surface area contributed by atoms with Crippen molar-refractivity contribution in [2.75, 3.05) is 0 Å². The first-order chi connectivity index (χ1) is 12.2. The SMILES string of the molecule is CCC=C(CCC)c1cnc(-c2c(C)cccc2C)c2ccccc12. The molecule has 0 saturated heterocycles. The van der Waals surface area contributed by atoms with Crippen LogP contribution in [0.5, 0.6) is 0 Å². The highest BCUT2D eigenvalue weighted by Gasteiger charge is 2.14. The second-order valence-corrected chi connectivity index (χ2v) is 6.72. The summed E-state index contributed by atoms with van der Waals surface area (Å²) in [6.07, 6.45) is 7.75. The Labute approximate surface area is 151 Å². The van der Waals surface area contributed by atoms with Crippen LogP contribution in [0.15, 0.2) is 54.7 Å². The molecule has 1 heteroatoms. The quantitative estimate of drug-likeness (QED) is 0.486. The molecule has 0 spiro atoms. The van der Waals surface area contributed by atoms with Crippen molar-refractivity contribution < 1.29 is 0 Å². The molecule has 2 aromatic carbocycles. The maximum Gasteiger partial charge on any atom is 0.0786 e. The van der Waals surface area contributed by atoms with Gasteiger partial charge in [0.15, 0.2) is 0 Å². The maximum atomic E-state index is 4.94. The fourth-order valence-electron chi connectivity index (χ4n) is 3.70. The normalized spacial score (nSPS) is 11.9. The van der Waals surface area contributed by atoms with Gasteiger partial charge in [-0.2, -0.15) is 0 Å². The smallest absolute Gasteiger partial charge is 0.0786 e. The second kappa shape index (κ2) is 7.65. The Kier molecular flexibility index (Phi) is 5.33. The maximum absolute atomic E-state index is 4.94. The fourth-order valence-corrected chi connectivity index (χ4v) is 3.70. The molecule has 3 aromatic rings. The van der Waals surface area contributed by atoms with E-state index in [1.54, 1.807) is 0 Å². The Bertz CT molecular complexity index is 898. The molecule has 0 atom stereocenters. The van der Waals surface area contributed by atoms with Crippen LogP contribution in [0.2, 0.25) is 0 Å². The highest BCUT2D eigenvalue weighted by Crippen LogP contribution is 2.35. The molecule has 0 radical (unpaired) electrons. The van der Waals surface area contributed by atoms with Gasteiger partial charge in [-0.3, -0.25) is 4.98 Å². The lowest BCUT2D eigenvalue weighted by atomic mass is 9.92. The predicted octanol–water partition coefficient (Wildman–Crippen LogP) is 7.11. The average molecular weight is 329 g/mol. The van der Waals surface area contributed by atoms with Crippen LogP contribution in [0.1, 0.15) is 49.8 Å². The number of aryl methyl sites for hydroxylation is 2. The van der Waals surface area contributed by atoms with E-state index < -0.39 is 0 Å². The Morgan fingerprint density at radius 3 is 2.24 bits per heavy atom. The second-order valence-electron chi connectivity index (χ2n) is 6.72. The van der Waals surface area contributed by atoms with E-state index in [2.05, 4.69) is 82.4 Å². The van der Waals surface area contributed by atoms with Gasteiger partial charge in [0.1, 0.15) is 0 Å². The Balaban J connectivity index is 2.29. The van der Waals surface area contributed by atoms with Gasteiger partial charge >= 0.3 is 0 Å². The van der Waals surface area contributed by atoms with Gasteiger partial charge in [-0.05, 0) is 48.8 Å². The summed E-state index contributed by atoms with van der Waals surface area (Å²) >= 11 is 0. The summed E-state index contributed by atoms with van der Waals surface area (Å²) in [7, 11) is 0. The molecule has 0 bridgehead atoms. The zero-order chi connectivity index (χ0) is 17.8. The Hall–Kier alpha value is -2.41. The van der Waals surface area contributed by atoms with E-state index in [1.165, 1.54) is 38.6 Å². The third-order valence-electron chi connectivity index (χ3n) is 4.83. The first-order valence-corrected chi connectivity index (χ1v) is 9.31. The van der Waals surface area contributed by atoms with E-state index in [4.69, 9.17) is 4.98 Å². The van der Waals surface area contributed by atoms with Crippen molar-refractivity contribution in [2.24, 2.45) is 0 Å². The molecular formula is C24H27N. The number of fused-ring (bicyclic) bond motifs is 1. The highest BCUT2D eigenvalue weighted by molar-refractivity contribution is 6.01. The molecule has 0 aliphatic heterocycles. The van der Waals surface area contributed by atoms with E-state index in [1.807, 2.05) is 0 Å². The van der Waals surface area contributed by atoms with Crippen LogP contribution in [0.4, 0.5) is 0 Å². The molecule has 0 amide bonds. The number of rotatable bonds is 5. The molecule has 1 aromatic heterocycles. The monoisotopic (exact) mass is 329 g/mol. The number of aromatic nitrogens is 1. The lowest BCUT2D eigenvalue weighted by Crippen LogP contribution is -1.96. The standard InChI is InChI=1S/C24H27N/c1-5-10-19(11-6-2)22-16-25-24(21-15-8-7-14-20(21)22)23-17(3)12-9-13-18(23)4/h7-10,12-16H,5-6,11H2,1-4H3. The van der Waals surface area contributed by atoms with Gasteiger partial charge in [-0.15, -0.1) is 0 Å². The summed E-state index contributed by atoms with van der Waals surface area (Å²) in [5.74, 6) is 0. The van der Waals surface area contributed by atoms with Crippen molar-refractivity contribution >= 4 is 16.3 Å². The number of benzene rings is 2. The average Bonchev–Trinajstić information content (AvgIpc) is 2.61.